The maximum atomic E-state index is 12.2. The molecule has 1 amide bonds. The number of amides is 1. The van der Waals surface area contributed by atoms with Gasteiger partial charge in [0.1, 0.15) is 17.2 Å². The highest BCUT2D eigenvalue weighted by Crippen LogP contribution is 2.29. The Labute approximate surface area is 136 Å². The van der Waals surface area contributed by atoms with Crippen molar-refractivity contribution in [3.63, 3.8) is 0 Å². The molecular formula is C18H21NO4. The number of rotatable bonds is 7. The first-order valence-electron chi connectivity index (χ1n) is 7.31. The molecule has 5 nitrogen and oxygen atoms in total. The zero-order valence-electron chi connectivity index (χ0n) is 13.6. The third-order valence-electron chi connectivity index (χ3n) is 3.49. The van der Waals surface area contributed by atoms with Crippen LogP contribution in [0, 0.1) is 0 Å². The SMILES string of the molecule is COc1ccc(OC)c(NC(=O)CCc2ccccc2OC)c1. The second kappa shape index (κ2) is 8.08. The molecule has 0 aliphatic carbocycles. The first kappa shape index (κ1) is 16.7. The molecule has 0 aliphatic heterocycles. The predicted octanol–water partition coefficient (Wildman–Crippen LogP) is 3.28. The van der Waals surface area contributed by atoms with Gasteiger partial charge in [-0.15, -0.1) is 0 Å². The standard InChI is InChI=1S/C18H21NO4/c1-21-14-9-10-17(23-3)15(12-14)19-18(20)11-8-13-6-4-5-7-16(13)22-2/h4-7,9-10,12H,8,11H2,1-3H3,(H,19,20). The first-order chi connectivity index (χ1) is 11.2. The lowest BCUT2D eigenvalue weighted by Gasteiger charge is -2.12. The Bertz CT molecular complexity index is 670. The van der Waals surface area contributed by atoms with Crippen LogP contribution < -0.4 is 19.5 Å². The Balaban J connectivity index is 2.02. The quantitative estimate of drug-likeness (QED) is 0.852. The van der Waals surface area contributed by atoms with Gasteiger partial charge in [-0.05, 0) is 30.2 Å². The molecule has 1 N–H and O–H groups in total. The molecule has 122 valence electrons. The molecule has 0 heterocycles. The van der Waals surface area contributed by atoms with Gasteiger partial charge in [0.15, 0.2) is 0 Å². The van der Waals surface area contributed by atoms with Crippen LogP contribution in [0.5, 0.6) is 17.2 Å². The van der Waals surface area contributed by atoms with Crippen LogP contribution in [0.3, 0.4) is 0 Å². The number of hydrogen-bond donors (Lipinski definition) is 1. The average molecular weight is 315 g/mol. The van der Waals surface area contributed by atoms with Crippen molar-refractivity contribution in [3.8, 4) is 17.2 Å². The smallest absolute Gasteiger partial charge is 0.224 e. The molecule has 2 aromatic carbocycles. The second-order valence-corrected chi connectivity index (χ2v) is 4.93. The van der Waals surface area contributed by atoms with E-state index in [9.17, 15) is 4.79 Å². The third kappa shape index (κ3) is 4.39. The minimum absolute atomic E-state index is 0.0949. The fourth-order valence-electron chi connectivity index (χ4n) is 2.28. The molecular weight excluding hydrogens is 294 g/mol. The fourth-order valence-corrected chi connectivity index (χ4v) is 2.28. The molecule has 0 aromatic heterocycles. The van der Waals surface area contributed by atoms with Gasteiger partial charge in [0, 0.05) is 12.5 Å². The fraction of sp³-hybridized carbons (Fsp3) is 0.278. The molecule has 0 spiro atoms. The minimum Gasteiger partial charge on any atom is -0.497 e. The van der Waals surface area contributed by atoms with Crippen LogP contribution in [0.15, 0.2) is 42.5 Å². The van der Waals surface area contributed by atoms with Crippen LogP contribution >= 0.6 is 0 Å². The summed E-state index contributed by atoms with van der Waals surface area (Å²) in [6.07, 6.45) is 0.947. The molecule has 0 fully saturated rings. The molecule has 0 saturated carbocycles. The third-order valence-corrected chi connectivity index (χ3v) is 3.49. The van der Waals surface area contributed by atoms with Crippen molar-refractivity contribution in [2.45, 2.75) is 12.8 Å². The van der Waals surface area contributed by atoms with E-state index in [-0.39, 0.29) is 5.91 Å². The van der Waals surface area contributed by atoms with Gasteiger partial charge in [0.25, 0.3) is 0 Å². The van der Waals surface area contributed by atoms with Gasteiger partial charge in [0.05, 0.1) is 27.0 Å². The number of para-hydroxylation sites is 1. The summed E-state index contributed by atoms with van der Waals surface area (Å²) in [5, 5.41) is 2.86. The molecule has 0 atom stereocenters. The van der Waals surface area contributed by atoms with Crippen molar-refractivity contribution >= 4 is 11.6 Å². The Kier molecular flexibility index (Phi) is 5.86. The van der Waals surface area contributed by atoms with Crippen molar-refractivity contribution in [3.05, 3.63) is 48.0 Å². The van der Waals surface area contributed by atoms with E-state index < -0.39 is 0 Å². The zero-order valence-corrected chi connectivity index (χ0v) is 13.6. The highest BCUT2D eigenvalue weighted by molar-refractivity contribution is 5.92. The van der Waals surface area contributed by atoms with Gasteiger partial charge in [-0.25, -0.2) is 0 Å². The predicted molar refractivity (Wildman–Crippen MR) is 89.5 cm³/mol. The summed E-state index contributed by atoms with van der Waals surface area (Å²) in [4.78, 5) is 12.2. The number of nitrogens with one attached hydrogen (secondary N) is 1. The molecule has 0 saturated heterocycles. The second-order valence-electron chi connectivity index (χ2n) is 4.93. The van der Waals surface area contributed by atoms with Gasteiger partial charge in [-0.1, -0.05) is 18.2 Å². The van der Waals surface area contributed by atoms with Gasteiger partial charge in [-0.3, -0.25) is 4.79 Å². The molecule has 2 rings (SSSR count). The zero-order chi connectivity index (χ0) is 16.7. The Morgan fingerprint density at radius 3 is 2.39 bits per heavy atom. The van der Waals surface area contributed by atoms with Crippen molar-refractivity contribution in [2.75, 3.05) is 26.6 Å². The summed E-state index contributed by atoms with van der Waals surface area (Å²) in [5.74, 6) is 1.95. The summed E-state index contributed by atoms with van der Waals surface area (Å²) in [6.45, 7) is 0. The topological polar surface area (TPSA) is 56.8 Å². The molecule has 5 heteroatoms. The summed E-state index contributed by atoms with van der Waals surface area (Å²) >= 11 is 0. The van der Waals surface area contributed by atoms with Crippen LogP contribution in [0.25, 0.3) is 0 Å². The van der Waals surface area contributed by atoms with E-state index in [0.717, 1.165) is 11.3 Å². The summed E-state index contributed by atoms with van der Waals surface area (Å²) < 4.78 is 15.7. The van der Waals surface area contributed by atoms with E-state index in [1.165, 1.54) is 0 Å². The number of ether oxygens (including phenoxy) is 3. The van der Waals surface area contributed by atoms with Gasteiger partial charge < -0.3 is 19.5 Å². The molecule has 0 unspecified atom stereocenters. The number of hydrogen-bond acceptors (Lipinski definition) is 4. The molecule has 0 radical (unpaired) electrons. The van der Waals surface area contributed by atoms with Crippen molar-refractivity contribution < 1.29 is 19.0 Å². The van der Waals surface area contributed by atoms with Gasteiger partial charge >= 0.3 is 0 Å². The van der Waals surface area contributed by atoms with Crippen LogP contribution in [-0.4, -0.2) is 27.2 Å². The number of carbonyl (C=O) groups is 1. The lowest BCUT2D eigenvalue weighted by Crippen LogP contribution is -2.13. The van der Waals surface area contributed by atoms with E-state index in [1.807, 2.05) is 24.3 Å². The summed E-state index contributed by atoms with van der Waals surface area (Å²) in [6, 6.07) is 13.0. The van der Waals surface area contributed by atoms with Crippen molar-refractivity contribution in [1.29, 1.82) is 0 Å². The lowest BCUT2D eigenvalue weighted by molar-refractivity contribution is -0.116. The first-order valence-corrected chi connectivity index (χ1v) is 7.31. The van der Waals surface area contributed by atoms with Crippen LogP contribution in [0.4, 0.5) is 5.69 Å². The minimum atomic E-state index is -0.0949. The summed E-state index contributed by atoms with van der Waals surface area (Å²) in [7, 11) is 4.77. The highest BCUT2D eigenvalue weighted by Gasteiger charge is 2.10. The van der Waals surface area contributed by atoms with Gasteiger partial charge in [0.2, 0.25) is 5.91 Å². The Hall–Kier alpha value is -2.69. The van der Waals surface area contributed by atoms with Crippen LogP contribution in [0.1, 0.15) is 12.0 Å². The lowest BCUT2D eigenvalue weighted by atomic mass is 10.1. The van der Waals surface area contributed by atoms with E-state index in [2.05, 4.69) is 5.32 Å². The Morgan fingerprint density at radius 2 is 1.70 bits per heavy atom. The largest absolute Gasteiger partial charge is 0.497 e. The number of aryl methyl sites for hydroxylation is 1. The molecule has 2 aromatic rings. The maximum Gasteiger partial charge on any atom is 0.224 e. The number of carbonyl (C=O) groups excluding carboxylic acids is 1. The highest BCUT2D eigenvalue weighted by atomic mass is 16.5. The van der Waals surface area contributed by atoms with Gasteiger partial charge in [-0.2, -0.15) is 0 Å². The average Bonchev–Trinajstić information content (AvgIpc) is 2.60. The Morgan fingerprint density at radius 1 is 0.957 bits per heavy atom. The maximum absolute atomic E-state index is 12.2. The molecule has 0 bridgehead atoms. The van der Waals surface area contributed by atoms with Crippen LogP contribution in [-0.2, 0) is 11.2 Å². The summed E-state index contributed by atoms with van der Waals surface area (Å²) in [5.41, 5.74) is 1.60. The van der Waals surface area contributed by atoms with E-state index in [1.54, 1.807) is 39.5 Å². The monoisotopic (exact) mass is 315 g/mol. The van der Waals surface area contributed by atoms with E-state index in [0.29, 0.717) is 30.0 Å². The normalized spacial score (nSPS) is 10.0. The van der Waals surface area contributed by atoms with E-state index >= 15 is 0 Å². The van der Waals surface area contributed by atoms with Crippen molar-refractivity contribution in [2.24, 2.45) is 0 Å². The number of anilines is 1. The van der Waals surface area contributed by atoms with Crippen LogP contribution in [0.2, 0.25) is 0 Å². The number of benzene rings is 2. The molecule has 23 heavy (non-hydrogen) atoms. The number of methoxy groups -OCH3 is 3. The van der Waals surface area contributed by atoms with Crippen molar-refractivity contribution in [1.82, 2.24) is 0 Å². The molecule has 0 aliphatic rings. The van der Waals surface area contributed by atoms with E-state index in [4.69, 9.17) is 14.2 Å².